The molecule has 2 N–H and O–H groups in total. The summed E-state index contributed by atoms with van der Waals surface area (Å²) in [6.45, 7) is 3.68. The van der Waals surface area contributed by atoms with Crippen molar-refractivity contribution in [1.82, 2.24) is 5.32 Å². The van der Waals surface area contributed by atoms with Crippen LogP contribution in [0.2, 0.25) is 0 Å². The van der Waals surface area contributed by atoms with Gasteiger partial charge < -0.3 is 10.6 Å². The van der Waals surface area contributed by atoms with E-state index >= 15 is 0 Å². The van der Waals surface area contributed by atoms with Gasteiger partial charge in [-0.05, 0) is 29.7 Å². The fraction of sp³-hybridized carbons (Fsp3) is 0.300. The summed E-state index contributed by atoms with van der Waals surface area (Å²) in [5, 5.41) is 4.91. The molecular weight excluding hydrogens is 376 g/mol. The minimum Gasteiger partial charge on any atom is -0.341 e. The van der Waals surface area contributed by atoms with Gasteiger partial charge >= 0.3 is 6.18 Å². The zero-order valence-corrected chi connectivity index (χ0v) is 15.3. The quantitative estimate of drug-likeness (QED) is 0.697. The van der Waals surface area contributed by atoms with Crippen molar-refractivity contribution in [2.45, 2.75) is 32.5 Å². The number of benzene rings is 2. The highest BCUT2D eigenvalue weighted by Crippen LogP contribution is 2.33. The van der Waals surface area contributed by atoms with Crippen molar-refractivity contribution in [3.63, 3.8) is 0 Å². The smallest absolute Gasteiger partial charge is 0.341 e. The third-order valence-electron chi connectivity index (χ3n) is 3.83. The Kier molecular flexibility index (Phi) is 6.77. The molecule has 1 atom stereocenters. The number of carbonyl (C=O) groups is 2. The second kappa shape index (κ2) is 8.86. The first-order valence-corrected chi connectivity index (χ1v) is 8.60. The highest BCUT2D eigenvalue weighted by molar-refractivity contribution is 5.98. The molecule has 0 aliphatic rings. The van der Waals surface area contributed by atoms with Crippen LogP contribution >= 0.6 is 0 Å². The molecule has 8 heteroatoms. The van der Waals surface area contributed by atoms with Crippen molar-refractivity contribution in [2.75, 3.05) is 5.32 Å². The van der Waals surface area contributed by atoms with Crippen molar-refractivity contribution in [3.8, 4) is 0 Å². The largest absolute Gasteiger partial charge is 0.419 e. The summed E-state index contributed by atoms with van der Waals surface area (Å²) in [5.74, 6) is -2.47. The van der Waals surface area contributed by atoms with Gasteiger partial charge in [0.15, 0.2) is 0 Å². The molecule has 0 aliphatic carbocycles. The van der Waals surface area contributed by atoms with Gasteiger partial charge in [0.05, 0.1) is 5.56 Å². The van der Waals surface area contributed by atoms with Crippen LogP contribution in [0.1, 0.15) is 37.4 Å². The lowest BCUT2D eigenvalue weighted by molar-refractivity contribution is -0.140. The van der Waals surface area contributed by atoms with Crippen molar-refractivity contribution in [2.24, 2.45) is 5.92 Å². The van der Waals surface area contributed by atoms with Gasteiger partial charge in [-0.15, -0.1) is 0 Å². The van der Waals surface area contributed by atoms with Crippen LogP contribution in [-0.4, -0.2) is 11.8 Å². The average molecular weight is 396 g/mol. The number of rotatable bonds is 6. The van der Waals surface area contributed by atoms with Gasteiger partial charge in [-0.1, -0.05) is 44.2 Å². The van der Waals surface area contributed by atoms with Gasteiger partial charge in [0.2, 0.25) is 5.91 Å². The molecule has 0 saturated heterocycles. The molecule has 2 amide bonds. The number of amides is 2. The minimum atomic E-state index is -4.89. The Morgan fingerprint density at radius 2 is 1.68 bits per heavy atom. The van der Waals surface area contributed by atoms with Crippen molar-refractivity contribution < 1.29 is 27.2 Å². The van der Waals surface area contributed by atoms with Crippen molar-refractivity contribution in [1.29, 1.82) is 0 Å². The summed E-state index contributed by atoms with van der Waals surface area (Å²) in [6.07, 6.45) is -4.71. The number of nitrogens with one attached hydrogen (secondary N) is 2. The first-order chi connectivity index (χ1) is 13.1. The maximum Gasteiger partial charge on any atom is 0.419 e. The number of alkyl halides is 3. The summed E-state index contributed by atoms with van der Waals surface area (Å²) in [6, 6.07) is 9.38. The normalized spacial score (nSPS) is 12.5. The number of hydrogen-bond acceptors (Lipinski definition) is 2. The molecule has 2 aromatic carbocycles. The molecule has 0 aliphatic heterocycles. The molecule has 0 spiro atoms. The molecule has 2 rings (SSSR count). The van der Waals surface area contributed by atoms with Gasteiger partial charge in [0.1, 0.15) is 11.9 Å². The summed E-state index contributed by atoms with van der Waals surface area (Å²) in [5.41, 5.74) is -1.24. The van der Waals surface area contributed by atoms with Gasteiger partial charge in [-0.25, -0.2) is 4.39 Å². The van der Waals surface area contributed by atoms with Crippen molar-refractivity contribution in [3.05, 3.63) is 65.5 Å². The van der Waals surface area contributed by atoms with E-state index in [4.69, 9.17) is 0 Å². The highest BCUT2D eigenvalue weighted by Gasteiger charge is 2.34. The fourth-order valence-electron chi connectivity index (χ4n) is 2.57. The number of carbonyl (C=O) groups excluding carboxylic acids is 2. The molecule has 0 fully saturated rings. The van der Waals surface area contributed by atoms with E-state index in [0.717, 1.165) is 6.07 Å². The second-order valence-corrected chi connectivity index (χ2v) is 6.69. The first-order valence-electron chi connectivity index (χ1n) is 8.60. The van der Waals surface area contributed by atoms with E-state index in [1.807, 2.05) is 13.8 Å². The molecule has 150 valence electrons. The zero-order chi connectivity index (χ0) is 20.9. The minimum absolute atomic E-state index is 0.0610. The lowest BCUT2D eigenvalue weighted by atomic mass is 10.0. The Hall–Kier alpha value is -2.90. The molecule has 4 nitrogen and oxygen atoms in total. The number of halogens is 4. The lowest BCUT2D eigenvalue weighted by Gasteiger charge is -2.20. The Bertz CT molecular complexity index is 836. The first kappa shape index (κ1) is 21.4. The molecule has 0 bridgehead atoms. The molecule has 0 saturated carbocycles. The van der Waals surface area contributed by atoms with Crippen LogP contribution in [0.15, 0.2) is 48.5 Å². The van der Waals surface area contributed by atoms with Gasteiger partial charge in [0, 0.05) is 12.1 Å². The fourth-order valence-corrected chi connectivity index (χ4v) is 2.57. The van der Waals surface area contributed by atoms with E-state index in [-0.39, 0.29) is 23.9 Å². The summed E-state index contributed by atoms with van der Waals surface area (Å²) in [7, 11) is 0. The van der Waals surface area contributed by atoms with Crippen LogP contribution in [0.3, 0.4) is 0 Å². The Balaban J connectivity index is 2.27. The molecular formula is C20H20F4N2O2. The maximum absolute atomic E-state index is 13.4. The monoisotopic (exact) mass is 396 g/mol. The number of anilines is 1. The van der Waals surface area contributed by atoms with E-state index in [9.17, 15) is 27.2 Å². The molecule has 0 radical (unpaired) electrons. The Labute approximate surface area is 159 Å². The van der Waals surface area contributed by atoms with Crippen LogP contribution in [0, 0.1) is 11.7 Å². The molecule has 28 heavy (non-hydrogen) atoms. The summed E-state index contributed by atoms with van der Waals surface area (Å²) in [4.78, 5) is 24.8. The Morgan fingerprint density at radius 1 is 1.04 bits per heavy atom. The highest BCUT2D eigenvalue weighted by atomic mass is 19.4. The van der Waals surface area contributed by atoms with Crippen molar-refractivity contribution >= 4 is 17.5 Å². The molecule has 0 heterocycles. The average Bonchev–Trinajstić information content (AvgIpc) is 2.60. The van der Waals surface area contributed by atoms with Crippen LogP contribution in [0.5, 0.6) is 0 Å². The van der Waals surface area contributed by atoms with Crippen LogP contribution in [0.25, 0.3) is 0 Å². The molecule has 2 aromatic rings. The van der Waals surface area contributed by atoms with E-state index in [0.29, 0.717) is 17.7 Å². The number of hydrogen-bond donors (Lipinski definition) is 2. The summed E-state index contributed by atoms with van der Waals surface area (Å²) < 4.78 is 52.1. The van der Waals surface area contributed by atoms with Gasteiger partial charge in [0.25, 0.3) is 5.91 Å². The van der Waals surface area contributed by atoms with E-state index < -0.39 is 29.5 Å². The van der Waals surface area contributed by atoms with Crippen LogP contribution in [0.4, 0.5) is 23.2 Å². The summed E-state index contributed by atoms with van der Waals surface area (Å²) >= 11 is 0. The zero-order valence-electron chi connectivity index (χ0n) is 15.3. The SMILES string of the molecule is CC(C)CC(=O)NC(C(=O)Nc1ccc(F)c(C(F)(F)F)c1)c1ccccc1. The molecule has 0 aromatic heterocycles. The lowest BCUT2D eigenvalue weighted by Crippen LogP contribution is -2.37. The van der Waals surface area contributed by atoms with Crippen LogP contribution in [-0.2, 0) is 15.8 Å². The predicted octanol–water partition coefficient (Wildman–Crippen LogP) is 4.69. The van der Waals surface area contributed by atoms with E-state index in [2.05, 4.69) is 10.6 Å². The van der Waals surface area contributed by atoms with E-state index in [1.54, 1.807) is 30.3 Å². The van der Waals surface area contributed by atoms with E-state index in [1.165, 1.54) is 0 Å². The van der Waals surface area contributed by atoms with Gasteiger partial charge in [-0.2, -0.15) is 13.2 Å². The van der Waals surface area contributed by atoms with Gasteiger partial charge in [-0.3, -0.25) is 9.59 Å². The van der Waals surface area contributed by atoms with Crippen LogP contribution < -0.4 is 10.6 Å². The third kappa shape index (κ3) is 5.80. The maximum atomic E-state index is 13.4. The third-order valence-corrected chi connectivity index (χ3v) is 3.83. The topological polar surface area (TPSA) is 58.2 Å². The molecule has 1 unspecified atom stereocenters. The Morgan fingerprint density at radius 3 is 2.25 bits per heavy atom. The second-order valence-electron chi connectivity index (χ2n) is 6.69. The standard InChI is InChI=1S/C20H20F4N2O2/c1-12(2)10-17(27)26-18(13-6-4-3-5-7-13)19(28)25-14-8-9-16(21)15(11-14)20(22,23)24/h3-9,11-12,18H,10H2,1-2H3,(H,25,28)(H,26,27). The predicted molar refractivity (Wildman–Crippen MR) is 96.8 cm³/mol.